The van der Waals surface area contributed by atoms with E-state index in [0.29, 0.717) is 30.1 Å². The van der Waals surface area contributed by atoms with Gasteiger partial charge in [0.2, 0.25) is 0 Å². The quantitative estimate of drug-likeness (QED) is 0.824. The molecule has 8 nitrogen and oxygen atoms in total. The lowest BCUT2D eigenvalue weighted by atomic mass is 10.0. The first-order valence-electron chi connectivity index (χ1n) is 9.45. The van der Waals surface area contributed by atoms with Crippen molar-refractivity contribution in [2.45, 2.75) is 52.6 Å². The van der Waals surface area contributed by atoms with Gasteiger partial charge in [-0.05, 0) is 46.2 Å². The molecule has 1 N–H and O–H groups in total. The van der Waals surface area contributed by atoms with Gasteiger partial charge < -0.3 is 9.84 Å². The first-order chi connectivity index (χ1) is 13.0. The first-order valence-corrected chi connectivity index (χ1v) is 9.45. The van der Waals surface area contributed by atoms with Crippen molar-refractivity contribution >= 4 is 5.91 Å². The van der Waals surface area contributed by atoms with E-state index in [9.17, 15) is 9.59 Å². The van der Waals surface area contributed by atoms with Crippen LogP contribution in [0.15, 0.2) is 21.5 Å². The predicted molar refractivity (Wildman–Crippen MR) is 101 cm³/mol. The standard InChI is InChI=1S/C19H27N5O3/c1-13-7-8-17(25)24(21-13)11-10-23-9-5-4-6-16(23)12-20-19(26)18-14(2)22-27-15(18)3/h7-8,16H,4-6,9-12H2,1-3H3,(H,20,26). The summed E-state index contributed by atoms with van der Waals surface area (Å²) in [7, 11) is 0. The molecule has 0 spiro atoms. The van der Waals surface area contributed by atoms with Crippen molar-refractivity contribution in [3.8, 4) is 0 Å². The summed E-state index contributed by atoms with van der Waals surface area (Å²) in [6.07, 6.45) is 3.30. The van der Waals surface area contributed by atoms with Crippen molar-refractivity contribution in [2.24, 2.45) is 0 Å². The van der Waals surface area contributed by atoms with Crippen molar-refractivity contribution in [2.75, 3.05) is 19.6 Å². The molecule has 3 heterocycles. The molecule has 2 aromatic rings. The van der Waals surface area contributed by atoms with Gasteiger partial charge in [0.15, 0.2) is 0 Å². The average Bonchev–Trinajstić information content (AvgIpc) is 2.99. The van der Waals surface area contributed by atoms with Gasteiger partial charge in [-0.2, -0.15) is 5.10 Å². The molecule has 1 atom stereocenters. The van der Waals surface area contributed by atoms with Crippen molar-refractivity contribution in [3.05, 3.63) is 45.2 Å². The third-order valence-electron chi connectivity index (χ3n) is 5.11. The molecule has 1 aliphatic rings. The minimum Gasteiger partial charge on any atom is -0.361 e. The highest BCUT2D eigenvalue weighted by molar-refractivity contribution is 5.96. The van der Waals surface area contributed by atoms with E-state index in [4.69, 9.17) is 4.52 Å². The minimum atomic E-state index is -0.145. The zero-order valence-electron chi connectivity index (χ0n) is 16.2. The Morgan fingerprint density at radius 1 is 1.26 bits per heavy atom. The van der Waals surface area contributed by atoms with Gasteiger partial charge in [0, 0.05) is 25.2 Å². The zero-order valence-corrected chi connectivity index (χ0v) is 16.2. The van der Waals surface area contributed by atoms with Gasteiger partial charge in [-0.1, -0.05) is 11.6 Å². The number of aromatic nitrogens is 3. The summed E-state index contributed by atoms with van der Waals surface area (Å²) in [5.74, 6) is 0.392. The molecule has 0 aliphatic carbocycles. The van der Waals surface area contributed by atoms with Crippen molar-refractivity contribution in [1.82, 2.24) is 25.2 Å². The summed E-state index contributed by atoms with van der Waals surface area (Å²) < 4.78 is 6.59. The monoisotopic (exact) mass is 373 g/mol. The van der Waals surface area contributed by atoms with E-state index in [-0.39, 0.29) is 17.5 Å². The first kappa shape index (κ1) is 19.3. The van der Waals surface area contributed by atoms with E-state index in [1.54, 1.807) is 26.0 Å². The van der Waals surface area contributed by atoms with E-state index in [1.807, 2.05) is 6.92 Å². The molecule has 1 amide bonds. The van der Waals surface area contributed by atoms with Gasteiger partial charge in [-0.25, -0.2) is 4.68 Å². The SMILES string of the molecule is Cc1ccc(=O)n(CCN2CCCCC2CNC(=O)c2c(C)noc2C)n1. The van der Waals surface area contributed by atoms with E-state index in [1.165, 1.54) is 4.68 Å². The molecule has 1 saturated heterocycles. The lowest BCUT2D eigenvalue weighted by Crippen LogP contribution is -2.48. The summed E-state index contributed by atoms with van der Waals surface area (Å²) >= 11 is 0. The van der Waals surface area contributed by atoms with Crippen molar-refractivity contribution < 1.29 is 9.32 Å². The number of nitrogens with zero attached hydrogens (tertiary/aromatic N) is 4. The Kier molecular flexibility index (Phi) is 6.05. The van der Waals surface area contributed by atoms with Gasteiger partial charge in [-0.15, -0.1) is 0 Å². The number of carbonyl (C=O) groups is 1. The molecule has 27 heavy (non-hydrogen) atoms. The Morgan fingerprint density at radius 3 is 2.81 bits per heavy atom. The van der Waals surface area contributed by atoms with Gasteiger partial charge in [0.05, 0.1) is 17.9 Å². The second-order valence-corrected chi connectivity index (χ2v) is 7.13. The molecule has 8 heteroatoms. The van der Waals surface area contributed by atoms with Crippen LogP contribution >= 0.6 is 0 Å². The number of piperidine rings is 1. The molecule has 0 saturated carbocycles. The number of rotatable bonds is 6. The highest BCUT2D eigenvalue weighted by atomic mass is 16.5. The molecule has 0 aromatic carbocycles. The predicted octanol–water partition coefficient (Wildman–Crippen LogP) is 1.44. The summed E-state index contributed by atoms with van der Waals surface area (Å²) in [6, 6.07) is 3.54. The van der Waals surface area contributed by atoms with E-state index in [0.717, 1.165) is 38.0 Å². The zero-order chi connectivity index (χ0) is 19.4. The highest BCUT2D eigenvalue weighted by Crippen LogP contribution is 2.17. The van der Waals surface area contributed by atoms with Crippen LogP contribution in [0.4, 0.5) is 0 Å². The van der Waals surface area contributed by atoms with Gasteiger partial charge in [0.1, 0.15) is 11.3 Å². The van der Waals surface area contributed by atoms with Crippen LogP contribution in [-0.4, -0.2) is 51.4 Å². The maximum atomic E-state index is 12.5. The fourth-order valence-electron chi connectivity index (χ4n) is 3.63. The number of hydrogen-bond acceptors (Lipinski definition) is 6. The number of aryl methyl sites for hydroxylation is 3. The summed E-state index contributed by atoms with van der Waals surface area (Å²) in [5.41, 5.74) is 1.88. The third-order valence-corrected chi connectivity index (χ3v) is 5.11. The fourth-order valence-corrected chi connectivity index (χ4v) is 3.63. The molecular weight excluding hydrogens is 346 g/mol. The Labute approximate surface area is 158 Å². The Balaban J connectivity index is 1.59. The van der Waals surface area contributed by atoms with Gasteiger partial charge in [-0.3, -0.25) is 14.5 Å². The van der Waals surface area contributed by atoms with Crippen molar-refractivity contribution in [3.63, 3.8) is 0 Å². The highest BCUT2D eigenvalue weighted by Gasteiger charge is 2.24. The number of nitrogens with one attached hydrogen (secondary N) is 1. The molecule has 1 fully saturated rings. The molecular formula is C19H27N5O3. The number of amides is 1. The van der Waals surface area contributed by atoms with Crippen LogP contribution < -0.4 is 10.9 Å². The normalized spacial score (nSPS) is 17.8. The number of likely N-dealkylation sites (tertiary alicyclic amines) is 1. The smallest absolute Gasteiger partial charge is 0.266 e. The second kappa shape index (κ2) is 8.47. The number of hydrogen-bond donors (Lipinski definition) is 1. The molecule has 0 bridgehead atoms. The van der Waals surface area contributed by atoms with E-state index >= 15 is 0 Å². The minimum absolute atomic E-state index is 0.0825. The average molecular weight is 373 g/mol. The molecule has 2 aromatic heterocycles. The molecule has 1 unspecified atom stereocenters. The van der Waals surface area contributed by atoms with E-state index in [2.05, 4.69) is 20.5 Å². The maximum Gasteiger partial charge on any atom is 0.266 e. The maximum absolute atomic E-state index is 12.5. The molecule has 146 valence electrons. The van der Waals surface area contributed by atoms with Crippen LogP contribution in [-0.2, 0) is 6.54 Å². The van der Waals surface area contributed by atoms with Crippen LogP contribution in [0.5, 0.6) is 0 Å². The van der Waals surface area contributed by atoms with Crippen LogP contribution in [0.25, 0.3) is 0 Å². The number of carbonyl (C=O) groups excluding carboxylic acids is 1. The second-order valence-electron chi connectivity index (χ2n) is 7.13. The van der Waals surface area contributed by atoms with Crippen LogP contribution in [0.3, 0.4) is 0 Å². The van der Waals surface area contributed by atoms with Crippen molar-refractivity contribution in [1.29, 1.82) is 0 Å². The van der Waals surface area contributed by atoms with Gasteiger partial charge in [0.25, 0.3) is 11.5 Å². The molecule has 1 aliphatic heterocycles. The lowest BCUT2D eigenvalue weighted by molar-refractivity contribution is 0.0907. The summed E-state index contributed by atoms with van der Waals surface area (Å²) in [5, 5.41) is 11.2. The summed E-state index contributed by atoms with van der Waals surface area (Å²) in [6.45, 7) is 8.21. The topological polar surface area (TPSA) is 93.3 Å². The van der Waals surface area contributed by atoms with Gasteiger partial charge >= 0.3 is 0 Å². The third kappa shape index (κ3) is 4.63. The fraction of sp³-hybridized carbons (Fsp3) is 0.579. The Bertz CT molecular complexity index is 838. The molecule has 0 radical (unpaired) electrons. The Morgan fingerprint density at radius 2 is 2.07 bits per heavy atom. The van der Waals surface area contributed by atoms with Crippen LogP contribution in [0.2, 0.25) is 0 Å². The van der Waals surface area contributed by atoms with E-state index < -0.39 is 0 Å². The lowest BCUT2D eigenvalue weighted by Gasteiger charge is -2.35. The molecule has 3 rings (SSSR count). The largest absolute Gasteiger partial charge is 0.361 e. The van der Waals surface area contributed by atoms with Crippen LogP contribution in [0.1, 0.15) is 46.8 Å². The Hall–Kier alpha value is -2.48. The summed E-state index contributed by atoms with van der Waals surface area (Å²) in [4.78, 5) is 26.8. The van der Waals surface area contributed by atoms with Crippen LogP contribution in [0, 0.1) is 20.8 Å².